The topological polar surface area (TPSA) is 101 Å². The first-order valence-electron chi connectivity index (χ1n) is 8.93. The van der Waals surface area contributed by atoms with Crippen LogP contribution in [0.1, 0.15) is 15.9 Å². The Morgan fingerprint density at radius 1 is 1.00 bits per heavy atom. The van der Waals surface area contributed by atoms with E-state index >= 15 is 0 Å². The first-order chi connectivity index (χ1) is 14.8. The number of nitrogens with zero attached hydrogens (tertiary/aromatic N) is 1. The van der Waals surface area contributed by atoms with E-state index in [0.717, 1.165) is 0 Å². The van der Waals surface area contributed by atoms with Crippen molar-refractivity contribution in [1.29, 1.82) is 0 Å². The van der Waals surface area contributed by atoms with Gasteiger partial charge in [-0.1, -0.05) is 48.0 Å². The van der Waals surface area contributed by atoms with Crippen molar-refractivity contribution in [1.82, 2.24) is 5.32 Å². The van der Waals surface area contributed by atoms with Crippen molar-refractivity contribution in [2.75, 3.05) is 5.32 Å². The maximum atomic E-state index is 12.9. The Kier molecular flexibility index (Phi) is 7.17. The van der Waals surface area contributed by atoms with Crippen LogP contribution in [0.4, 0.5) is 11.4 Å². The van der Waals surface area contributed by atoms with Crippen LogP contribution >= 0.6 is 27.5 Å². The molecule has 31 heavy (non-hydrogen) atoms. The van der Waals surface area contributed by atoms with E-state index in [2.05, 4.69) is 26.6 Å². The summed E-state index contributed by atoms with van der Waals surface area (Å²) in [5.41, 5.74) is 0.788. The van der Waals surface area contributed by atoms with Gasteiger partial charge in [0.15, 0.2) is 0 Å². The normalized spacial score (nSPS) is 11.0. The van der Waals surface area contributed by atoms with Crippen molar-refractivity contribution >= 4 is 56.8 Å². The molecule has 2 amide bonds. The maximum Gasteiger partial charge on any atom is 0.272 e. The molecule has 0 spiro atoms. The number of nitro benzene ring substituents is 1. The fourth-order valence-corrected chi connectivity index (χ4v) is 3.29. The Hall–Kier alpha value is -3.49. The summed E-state index contributed by atoms with van der Waals surface area (Å²) < 4.78 is 0.550. The van der Waals surface area contributed by atoms with Gasteiger partial charge in [0.1, 0.15) is 5.70 Å². The lowest BCUT2D eigenvalue weighted by atomic mass is 10.1. The van der Waals surface area contributed by atoms with Gasteiger partial charge in [0, 0.05) is 16.6 Å². The van der Waals surface area contributed by atoms with Crippen LogP contribution in [0.5, 0.6) is 0 Å². The Labute approximate surface area is 191 Å². The summed E-state index contributed by atoms with van der Waals surface area (Å²) in [6.07, 6.45) is 1.36. The summed E-state index contributed by atoms with van der Waals surface area (Å²) in [6.45, 7) is 0. The number of amides is 2. The number of nitro groups is 1. The SMILES string of the molecule is O=C(Nc1ccccc1Cl)/C(=C/c1cccc([N+](=O)[O-])c1)NC(=O)c1ccccc1Br. The van der Waals surface area contributed by atoms with E-state index in [1.54, 1.807) is 54.6 Å². The molecule has 0 fully saturated rings. The van der Waals surface area contributed by atoms with Crippen LogP contribution in [0.3, 0.4) is 0 Å². The van der Waals surface area contributed by atoms with Crippen LogP contribution in [-0.4, -0.2) is 16.7 Å². The minimum Gasteiger partial charge on any atom is -0.319 e. The van der Waals surface area contributed by atoms with Crippen molar-refractivity contribution in [2.45, 2.75) is 0 Å². The molecule has 0 bridgehead atoms. The standard InChI is InChI=1S/C22H15BrClN3O4/c23-17-9-2-1-8-16(17)21(28)26-20(13-14-6-5-7-15(12-14)27(30)31)22(29)25-19-11-4-3-10-18(19)24/h1-13H,(H,25,29)(H,26,28)/b20-13-. The molecule has 0 aliphatic carbocycles. The zero-order chi connectivity index (χ0) is 22.4. The number of hydrogen-bond donors (Lipinski definition) is 2. The summed E-state index contributed by atoms with van der Waals surface area (Å²) in [6, 6.07) is 19.1. The van der Waals surface area contributed by atoms with Gasteiger partial charge in [-0.3, -0.25) is 19.7 Å². The number of nitrogens with one attached hydrogen (secondary N) is 2. The number of carbonyl (C=O) groups is 2. The second-order valence-corrected chi connectivity index (χ2v) is 7.54. The first-order valence-corrected chi connectivity index (χ1v) is 10.1. The molecule has 0 aliphatic rings. The highest BCUT2D eigenvalue weighted by Crippen LogP contribution is 2.22. The molecule has 2 N–H and O–H groups in total. The molecule has 3 aromatic carbocycles. The predicted molar refractivity (Wildman–Crippen MR) is 123 cm³/mol. The number of para-hydroxylation sites is 1. The van der Waals surface area contributed by atoms with Gasteiger partial charge in [0.25, 0.3) is 17.5 Å². The number of halogens is 2. The number of rotatable bonds is 6. The van der Waals surface area contributed by atoms with E-state index in [-0.39, 0.29) is 11.4 Å². The minimum absolute atomic E-state index is 0.110. The number of hydrogen-bond acceptors (Lipinski definition) is 4. The van der Waals surface area contributed by atoms with Gasteiger partial charge in [-0.15, -0.1) is 0 Å². The van der Waals surface area contributed by atoms with E-state index in [4.69, 9.17) is 11.6 Å². The van der Waals surface area contributed by atoms with Gasteiger partial charge in [0.2, 0.25) is 0 Å². The molecule has 0 saturated carbocycles. The fourth-order valence-electron chi connectivity index (χ4n) is 2.64. The van der Waals surface area contributed by atoms with E-state index in [1.807, 2.05) is 0 Å². The van der Waals surface area contributed by atoms with Gasteiger partial charge in [-0.2, -0.15) is 0 Å². The number of benzene rings is 3. The second-order valence-electron chi connectivity index (χ2n) is 6.28. The van der Waals surface area contributed by atoms with Gasteiger partial charge >= 0.3 is 0 Å². The molecule has 3 rings (SSSR count). The quantitative estimate of drug-likeness (QED) is 0.268. The third-order valence-corrected chi connectivity index (χ3v) is 5.15. The van der Waals surface area contributed by atoms with Crippen molar-refractivity contribution in [3.63, 3.8) is 0 Å². The Morgan fingerprint density at radius 3 is 2.42 bits per heavy atom. The smallest absolute Gasteiger partial charge is 0.272 e. The van der Waals surface area contributed by atoms with E-state index in [0.29, 0.717) is 26.3 Å². The van der Waals surface area contributed by atoms with Crippen LogP contribution in [-0.2, 0) is 4.79 Å². The molecule has 0 aliphatic heterocycles. The molecule has 7 nitrogen and oxygen atoms in total. The number of anilines is 1. The maximum absolute atomic E-state index is 12.9. The monoisotopic (exact) mass is 499 g/mol. The molecule has 0 aromatic heterocycles. The molecule has 0 saturated heterocycles. The zero-order valence-electron chi connectivity index (χ0n) is 15.8. The summed E-state index contributed by atoms with van der Waals surface area (Å²) in [4.78, 5) is 36.2. The highest BCUT2D eigenvalue weighted by Gasteiger charge is 2.18. The third-order valence-electron chi connectivity index (χ3n) is 4.13. The largest absolute Gasteiger partial charge is 0.319 e. The number of non-ortho nitro benzene ring substituents is 1. The molecule has 9 heteroatoms. The minimum atomic E-state index is -0.639. The summed E-state index contributed by atoms with van der Waals surface area (Å²) in [5.74, 6) is -1.17. The average Bonchev–Trinajstić information content (AvgIpc) is 2.75. The van der Waals surface area contributed by atoms with Crippen molar-refractivity contribution in [3.05, 3.63) is 109 Å². The van der Waals surface area contributed by atoms with Crippen LogP contribution in [0.15, 0.2) is 83.0 Å². The van der Waals surface area contributed by atoms with Crippen LogP contribution < -0.4 is 10.6 Å². The lowest BCUT2D eigenvalue weighted by molar-refractivity contribution is -0.384. The number of carbonyl (C=O) groups excluding carboxylic acids is 2. The van der Waals surface area contributed by atoms with Gasteiger partial charge < -0.3 is 10.6 Å². The molecule has 156 valence electrons. The van der Waals surface area contributed by atoms with Crippen molar-refractivity contribution in [2.24, 2.45) is 0 Å². The average molecular weight is 501 g/mol. The molecular weight excluding hydrogens is 486 g/mol. The lowest BCUT2D eigenvalue weighted by Gasteiger charge is -2.13. The third kappa shape index (κ3) is 5.78. The Morgan fingerprint density at radius 2 is 1.71 bits per heavy atom. The van der Waals surface area contributed by atoms with Crippen LogP contribution in [0, 0.1) is 10.1 Å². The fraction of sp³-hybridized carbons (Fsp3) is 0. The first kappa shape index (κ1) is 22.2. The molecular formula is C22H15BrClN3O4. The van der Waals surface area contributed by atoms with Crippen molar-refractivity contribution < 1.29 is 14.5 Å². The Bertz CT molecular complexity index is 1200. The summed E-state index contributed by atoms with van der Waals surface area (Å²) >= 11 is 9.41. The van der Waals surface area contributed by atoms with Crippen LogP contribution in [0.2, 0.25) is 5.02 Å². The predicted octanol–water partition coefficient (Wildman–Crippen LogP) is 5.42. The van der Waals surface area contributed by atoms with Crippen molar-refractivity contribution in [3.8, 4) is 0 Å². The van der Waals surface area contributed by atoms with E-state index in [9.17, 15) is 19.7 Å². The molecule has 0 radical (unpaired) electrons. The summed E-state index contributed by atoms with van der Waals surface area (Å²) in [7, 11) is 0. The highest BCUT2D eigenvalue weighted by molar-refractivity contribution is 9.10. The molecule has 0 unspecified atom stereocenters. The summed E-state index contributed by atoms with van der Waals surface area (Å²) in [5, 5.41) is 16.6. The van der Waals surface area contributed by atoms with E-state index < -0.39 is 16.7 Å². The molecule has 0 atom stereocenters. The highest BCUT2D eigenvalue weighted by atomic mass is 79.9. The van der Waals surface area contributed by atoms with E-state index in [1.165, 1.54) is 24.3 Å². The molecule has 0 heterocycles. The Balaban J connectivity index is 1.97. The lowest BCUT2D eigenvalue weighted by Crippen LogP contribution is -2.31. The molecule has 3 aromatic rings. The van der Waals surface area contributed by atoms with Gasteiger partial charge in [-0.05, 0) is 51.8 Å². The zero-order valence-corrected chi connectivity index (χ0v) is 18.2. The second kappa shape index (κ2) is 10.0. The van der Waals surface area contributed by atoms with Gasteiger partial charge in [-0.25, -0.2) is 0 Å². The van der Waals surface area contributed by atoms with Gasteiger partial charge in [0.05, 0.1) is 21.2 Å². The van der Waals surface area contributed by atoms with Crippen LogP contribution in [0.25, 0.3) is 6.08 Å².